The van der Waals surface area contributed by atoms with Crippen LogP contribution in [0.15, 0.2) is 22.7 Å². The van der Waals surface area contributed by atoms with E-state index in [1.54, 1.807) is 20.0 Å². The van der Waals surface area contributed by atoms with Crippen LogP contribution in [0.1, 0.15) is 31.4 Å². The van der Waals surface area contributed by atoms with Crippen molar-refractivity contribution in [2.75, 3.05) is 18.6 Å². The van der Waals surface area contributed by atoms with Gasteiger partial charge in [-0.2, -0.15) is 0 Å². The van der Waals surface area contributed by atoms with Crippen molar-refractivity contribution < 1.29 is 12.8 Å². The van der Waals surface area contributed by atoms with Crippen molar-refractivity contribution >= 4 is 25.8 Å². The lowest BCUT2D eigenvalue weighted by Gasteiger charge is -2.17. The molecule has 0 fully saturated rings. The van der Waals surface area contributed by atoms with E-state index in [9.17, 15) is 12.8 Å². The quantitative estimate of drug-likeness (QED) is 0.820. The van der Waals surface area contributed by atoms with E-state index in [-0.39, 0.29) is 23.4 Å². The molecule has 0 spiro atoms. The van der Waals surface area contributed by atoms with Gasteiger partial charge in [0.15, 0.2) is 0 Å². The van der Waals surface area contributed by atoms with E-state index in [2.05, 4.69) is 21.2 Å². The van der Waals surface area contributed by atoms with Crippen LogP contribution in [0.2, 0.25) is 0 Å². The molecule has 0 aliphatic carbocycles. The minimum absolute atomic E-state index is 0.0327. The van der Waals surface area contributed by atoms with Crippen molar-refractivity contribution in [2.45, 2.75) is 25.8 Å². The van der Waals surface area contributed by atoms with Crippen LogP contribution in [-0.4, -0.2) is 27.0 Å². The number of hydrogen-bond acceptors (Lipinski definition) is 3. The fourth-order valence-corrected chi connectivity index (χ4v) is 3.00. The minimum Gasteiger partial charge on any atom is -0.313 e. The van der Waals surface area contributed by atoms with Gasteiger partial charge in [-0.25, -0.2) is 12.8 Å². The van der Waals surface area contributed by atoms with Gasteiger partial charge in [-0.15, -0.1) is 0 Å². The zero-order valence-corrected chi connectivity index (χ0v) is 13.5. The summed E-state index contributed by atoms with van der Waals surface area (Å²) in [6, 6.07) is 4.94. The maximum Gasteiger partial charge on any atom is 0.150 e. The third-order valence-electron chi connectivity index (χ3n) is 3.08. The Morgan fingerprint density at radius 1 is 1.42 bits per heavy atom. The molecule has 3 nitrogen and oxygen atoms in total. The molecule has 1 atom stereocenters. The van der Waals surface area contributed by atoms with Crippen LogP contribution in [-0.2, 0) is 9.84 Å². The summed E-state index contributed by atoms with van der Waals surface area (Å²) in [5, 5.41) is 3.09. The Kier molecular flexibility index (Phi) is 6.42. The number of benzene rings is 1. The van der Waals surface area contributed by atoms with Gasteiger partial charge >= 0.3 is 0 Å². The molecular weight excluding hydrogens is 333 g/mol. The Bertz CT molecular complexity index is 519. The van der Waals surface area contributed by atoms with Crippen LogP contribution in [0.25, 0.3) is 0 Å². The van der Waals surface area contributed by atoms with Gasteiger partial charge < -0.3 is 5.32 Å². The van der Waals surface area contributed by atoms with Gasteiger partial charge in [0.1, 0.15) is 15.7 Å². The van der Waals surface area contributed by atoms with Crippen LogP contribution in [0, 0.1) is 5.82 Å². The molecule has 19 heavy (non-hydrogen) atoms. The summed E-state index contributed by atoms with van der Waals surface area (Å²) in [4.78, 5) is 0. The molecule has 0 aromatic heterocycles. The highest BCUT2D eigenvalue weighted by Crippen LogP contribution is 2.23. The molecule has 1 N–H and O–H groups in total. The molecule has 0 aliphatic heterocycles. The van der Waals surface area contributed by atoms with Gasteiger partial charge in [0.05, 0.1) is 10.2 Å². The molecular formula is C13H19BrFNO2S. The molecule has 1 aromatic rings. The third-order valence-corrected chi connectivity index (χ3v) is 5.52. The first-order valence-electron chi connectivity index (χ1n) is 6.22. The number of rotatable bonds is 7. The zero-order valence-electron chi connectivity index (χ0n) is 11.1. The van der Waals surface area contributed by atoms with Crippen molar-refractivity contribution in [3.05, 3.63) is 34.1 Å². The fourth-order valence-electron chi connectivity index (χ4n) is 1.86. The molecule has 0 aliphatic rings. The second kappa shape index (κ2) is 7.36. The molecule has 0 heterocycles. The second-order valence-electron chi connectivity index (χ2n) is 4.39. The Morgan fingerprint density at radius 2 is 2.11 bits per heavy atom. The van der Waals surface area contributed by atoms with Gasteiger partial charge in [0, 0.05) is 11.8 Å². The molecule has 6 heteroatoms. The number of sulfone groups is 1. The van der Waals surface area contributed by atoms with Gasteiger partial charge in [-0.1, -0.05) is 13.0 Å². The first kappa shape index (κ1) is 16.6. The molecule has 0 saturated heterocycles. The summed E-state index contributed by atoms with van der Waals surface area (Å²) in [5.74, 6) is 0.0455. The molecule has 108 valence electrons. The predicted octanol–water partition coefficient (Wildman–Crippen LogP) is 3.06. The van der Waals surface area contributed by atoms with E-state index in [1.807, 2.05) is 6.07 Å². The van der Waals surface area contributed by atoms with Crippen molar-refractivity contribution in [3.8, 4) is 0 Å². The van der Waals surface area contributed by atoms with Gasteiger partial charge in [-0.3, -0.25) is 0 Å². The SMILES string of the molecule is CCS(=O)(=O)CCCC(NC)c1ccc(Br)c(F)c1. The van der Waals surface area contributed by atoms with E-state index < -0.39 is 9.84 Å². The lowest BCUT2D eigenvalue weighted by Crippen LogP contribution is -2.18. The van der Waals surface area contributed by atoms with E-state index in [4.69, 9.17) is 0 Å². The molecule has 0 saturated carbocycles. The Morgan fingerprint density at radius 3 is 2.63 bits per heavy atom. The van der Waals surface area contributed by atoms with Crippen LogP contribution in [0.3, 0.4) is 0 Å². The largest absolute Gasteiger partial charge is 0.313 e. The van der Waals surface area contributed by atoms with E-state index in [1.165, 1.54) is 6.07 Å². The van der Waals surface area contributed by atoms with Gasteiger partial charge in [0.2, 0.25) is 0 Å². The monoisotopic (exact) mass is 351 g/mol. The predicted molar refractivity (Wildman–Crippen MR) is 79.5 cm³/mol. The standard InChI is InChI=1S/C13H19BrFNO2S/c1-3-19(17,18)8-4-5-13(16-2)10-6-7-11(14)12(15)9-10/h6-7,9,13,16H,3-5,8H2,1-2H3. The van der Waals surface area contributed by atoms with Crippen molar-refractivity contribution in [1.82, 2.24) is 5.32 Å². The Hall–Kier alpha value is -0.460. The minimum atomic E-state index is -2.93. The molecule has 0 bridgehead atoms. The molecule has 1 rings (SSSR count). The Labute approximate surface area is 122 Å². The second-order valence-corrected chi connectivity index (χ2v) is 7.72. The summed E-state index contributed by atoms with van der Waals surface area (Å²) in [6.45, 7) is 1.65. The van der Waals surface area contributed by atoms with Crippen molar-refractivity contribution in [1.29, 1.82) is 0 Å². The maximum atomic E-state index is 13.5. The molecule has 1 unspecified atom stereocenters. The Balaban J connectivity index is 2.66. The number of nitrogens with one attached hydrogen (secondary N) is 1. The summed E-state index contributed by atoms with van der Waals surface area (Å²) in [7, 11) is -1.14. The van der Waals surface area contributed by atoms with Gasteiger partial charge in [-0.05, 0) is 53.5 Å². The van der Waals surface area contributed by atoms with E-state index in [0.717, 1.165) is 5.56 Å². The number of hydrogen-bond donors (Lipinski definition) is 1. The first-order chi connectivity index (χ1) is 8.89. The van der Waals surface area contributed by atoms with Crippen LogP contribution in [0.5, 0.6) is 0 Å². The van der Waals surface area contributed by atoms with Crippen molar-refractivity contribution in [3.63, 3.8) is 0 Å². The van der Waals surface area contributed by atoms with Gasteiger partial charge in [0.25, 0.3) is 0 Å². The van der Waals surface area contributed by atoms with Crippen molar-refractivity contribution in [2.24, 2.45) is 0 Å². The highest BCUT2D eigenvalue weighted by Gasteiger charge is 2.13. The summed E-state index contributed by atoms with van der Waals surface area (Å²) < 4.78 is 36.7. The summed E-state index contributed by atoms with van der Waals surface area (Å²) in [6.07, 6.45) is 1.23. The topological polar surface area (TPSA) is 46.2 Å². The molecule has 1 aromatic carbocycles. The highest BCUT2D eigenvalue weighted by molar-refractivity contribution is 9.10. The smallest absolute Gasteiger partial charge is 0.150 e. The fraction of sp³-hybridized carbons (Fsp3) is 0.538. The van der Waals surface area contributed by atoms with Crippen LogP contribution >= 0.6 is 15.9 Å². The normalized spacial score (nSPS) is 13.5. The van der Waals surface area contributed by atoms with Crippen LogP contribution < -0.4 is 5.32 Å². The lowest BCUT2D eigenvalue weighted by atomic mass is 10.0. The third kappa shape index (κ3) is 5.20. The first-order valence-corrected chi connectivity index (χ1v) is 8.83. The van der Waals surface area contributed by atoms with E-state index in [0.29, 0.717) is 17.3 Å². The molecule has 0 amide bonds. The summed E-state index contributed by atoms with van der Waals surface area (Å²) in [5.41, 5.74) is 0.831. The molecule has 0 radical (unpaired) electrons. The number of halogens is 2. The lowest BCUT2D eigenvalue weighted by molar-refractivity contribution is 0.529. The highest BCUT2D eigenvalue weighted by atomic mass is 79.9. The summed E-state index contributed by atoms with van der Waals surface area (Å²) >= 11 is 3.11. The van der Waals surface area contributed by atoms with Crippen LogP contribution in [0.4, 0.5) is 4.39 Å². The maximum absolute atomic E-state index is 13.5. The average Bonchev–Trinajstić information content (AvgIpc) is 2.38. The zero-order chi connectivity index (χ0) is 14.5. The average molecular weight is 352 g/mol. The van der Waals surface area contributed by atoms with E-state index >= 15 is 0 Å².